The van der Waals surface area contributed by atoms with E-state index >= 15 is 0 Å². The zero-order valence-electron chi connectivity index (χ0n) is 12.5. The van der Waals surface area contributed by atoms with Gasteiger partial charge in [0, 0.05) is 6.04 Å². The van der Waals surface area contributed by atoms with E-state index in [-0.39, 0.29) is 6.04 Å². The Morgan fingerprint density at radius 3 is 2.32 bits per heavy atom. The zero-order chi connectivity index (χ0) is 15.6. The van der Waals surface area contributed by atoms with Gasteiger partial charge in [0.2, 0.25) is 10.0 Å². The third kappa shape index (κ3) is 3.29. The maximum absolute atomic E-state index is 12.4. The zero-order valence-corrected chi connectivity index (χ0v) is 13.3. The van der Waals surface area contributed by atoms with Crippen LogP contribution in [0, 0.1) is 6.92 Å². The first kappa shape index (κ1) is 15.0. The maximum Gasteiger partial charge on any atom is 0.241 e. The molecule has 1 atom stereocenters. The van der Waals surface area contributed by atoms with E-state index < -0.39 is 10.0 Å². The number of aryl methyl sites for hydroxylation is 1. The number of nitrogens with one attached hydrogen (secondary N) is 1. The van der Waals surface area contributed by atoms with Gasteiger partial charge in [-0.05, 0) is 37.5 Å². The largest absolute Gasteiger partial charge is 0.241 e. The maximum atomic E-state index is 12.4. The monoisotopic (exact) mass is 313 g/mol. The molecule has 1 aliphatic rings. The van der Waals surface area contributed by atoms with Gasteiger partial charge < -0.3 is 0 Å². The van der Waals surface area contributed by atoms with Gasteiger partial charge in [0.1, 0.15) is 0 Å². The molecule has 0 aliphatic heterocycles. The Balaban J connectivity index is 1.76. The van der Waals surface area contributed by atoms with Crippen LogP contribution in [0.1, 0.15) is 24.0 Å². The van der Waals surface area contributed by atoms with Gasteiger partial charge in [0.25, 0.3) is 0 Å². The molecule has 3 nitrogen and oxygen atoms in total. The Kier molecular flexibility index (Phi) is 4.14. The molecule has 1 N–H and O–H groups in total. The number of rotatable bonds is 4. The lowest BCUT2D eigenvalue weighted by molar-refractivity contribution is 0.499. The van der Waals surface area contributed by atoms with Crippen molar-refractivity contribution in [3.8, 4) is 0 Å². The first-order valence-electron chi connectivity index (χ1n) is 7.39. The minimum Gasteiger partial charge on any atom is -0.207 e. The van der Waals surface area contributed by atoms with Crippen molar-refractivity contribution in [3.63, 3.8) is 0 Å². The summed E-state index contributed by atoms with van der Waals surface area (Å²) < 4.78 is 27.6. The molecule has 0 amide bonds. The fourth-order valence-corrected chi connectivity index (χ4v) is 3.77. The molecule has 2 aromatic carbocycles. The van der Waals surface area contributed by atoms with Crippen molar-refractivity contribution >= 4 is 16.1 Å². The van der Waals surface area contributed by atoms with E-state index in [1.54, 1.807) is 12.1 Å². The molecule has 0 aromatic heterocycles. The van der Waals surface area contributed by atoms with Gasteiger partial charge in [-0.25, -0.2) is 13.1 Å². The van der Waals surface area contributed by atoms with Crippen LogP contribution in [0.15, 0.2) is 65.1 Å². The van der Waals surface area contributed by atoms with E-state index in [4.69, 9.17) is 0 Å². The van der Waals surface area contributed by atoms with Crippen molar-refractivity contribution in [3.05, 3.63) is 71.3 Å². The molecule has 1 aliphatic carbocycles. The summed E-state index contributed by atoms with van der Waals surface area (Å²) in [5, 5.41) is 0. The Bertz CT molecular complexity index is 778. The Morgan fingerprint density at radius 1 is 1.05 bits per heavy atom. The molecule has 4 heteroatoms. The Morgan fingerprint density at radius 2 is 1.73 bits per heavy atom. The van der Waals surface area contributed by atoms with E-state index in [0.29, 0.717) is 4.90 Å². The van der Waals surface area contributed by atoms with Crippen molar-refractivity contribution < 1.29 is 8.42 Å². The molecular weight excluding hydrogens is 294 g/mol. The first-order valence-corrected chi connectivity index (χ1v) is 8.87. The number of hydrogen-bond donors (Lipinski definition) is 1. The van der Waals surface area contributed by atoms with Crippen molar-refractivity contribution in [2.75, 3.05) is 0 Å². The molecule has 0 radical (unpaired) electrons. The van der Waals surface area contributed by atoms with Gasteiger partial charge in [-0.15, -0.1) is 0 Å². The number of benzene rings is 2. The van der Waals surface area contributed by atoms with Gasteiger partial charge >= 0.3 is 0 Å². The summed E-state index contributed by atoms with van der Waals surface area (Å²) in [6, 6.07) is 16.8. The molecule has 0 spiro atoms. The molecule has 114 valence electrons. The first-order chi connectivity index (χ1) is 10.5. The lowest BCUT2D eigenvalue weighted by atomic mass is 9.85. The number of sulfonamides is 1. The van der Waals surface area contributed by atoms with Crippen molar-refractivity contribution in [1.29, 1.82) is 0 Å². The highest BCUT2D eigenvalue weighted by Gasteiger charge is 2.29. The second-order valence-electron chi connectivity index (χ2n) is 5.66. The van der Waals surface area contributed by atoms with Crippen molar-refractivity contribution in [1.82, 2.24) is 4.72 Å². The normalized spacial score (nSPS) is 19.9. The predicted octanol–water partition coefficient (Wildman–Crippen LogP) is 3.52. The Labute approximate surface area is 131 Å². The number of hydrogen-bond acceptors (Lipinski definition) is 2. The van der Waals surface area contributed by atoms with E-state index in [1.807, 2.05) is 49.4 Å². The van der Waals surface area contributed by atoms with E-state index in [1.165, 1.54) is 0 Å². The van der Waals surface area contributed by atoms with Gasteiger partial charge in [-0.2, -0.15) is 0 Å². The highest BCUT2D eigenvalue weighted by molar-refractivity contribution is 7.89. The summed E-state index contributed by atoms with van der Waals surface area (Å²) in [5.41, 5.74) is 3.30. The third-order valence-corrected chi connectivity index (χ3v) is 5.44. The summed E-state index contributed by atoms with van der Waals surface area (Å²) in [6.07, 6.45) is 3.87. The SMILES string of the molecule is Cc1ccc(S(=O)(=O)NC2CC/C2=C\c2ccccc2)cc1. The predicted molar refractivity (Wildman–Crippen MR) is 88.9 cm³/mol. The van der Waals surface area contributed by atoms with Crippen LogP contribution in [0.4, 0.5) is 0 Å². The smallest absolute Gasteiger partial charge is 0.207 e. The summed E-state index contributed by atoms with van der Waals surface area (Å²) in [6.45, 7) is 1.94. The van der Waals surface area contributed by atoms with Gasteiger partial charge in [-0.1, -0.05) is 59.7 Å². The second-order valence-corrected chi connectivity index (χ2v) is 7.37. The van der Waals surface area contributed by atoms with E-state index in [0.717, 1.165) is 29.5 Å². The fraction of sp³-hybridized carbons (Fsp3) is 0.222. The summed E-state index contributed by atoms with van der Waals surface area (Å²) in [5.74, 6) is 0. The average molecular weight is 313 g/mol. The minimum atomic E-state index is -3.45. The lowest BCUT2D eigenvalue weighted by Crippen LogP contribution is -2.41. The highest BCUT2D eigenvalue weighted by Crippen LogP contribution is 2.30. The molecule has 0 heterocycles. The van der Waals surface area contributed by atoms with Gasteiger partial charge in [-0.3, -0.25) is 0 Å². The highest BCUT2D eigenvalue weighted by atomic mass is 32.2. The van der Waals surface area contributed by atoms with Gasteiger partial charge in [0.15, 0.2) is 0 Å². The second kappa shape index (κ2) is 6.07. The summed E-state index contributed by atoms with van der Waals surface area (Å²) >= 11 is 0. The topological polar surface area (TPSA) is 46.2 Å². The van der Waals surface area contributed by atoms with Crippen LogP contribution in [0.2, 0.25) is 0 Å². The molecule has 22 heavy (non-hydrogen) atoms. The van der Waals surface area contributed by atoms with E-state index in [9.17, 15) is 8.42 Å². The summed E-state index contributed by atoms with van der Waals surface area (Å²) in [7, 11) is -3.45. The standard InChI is InChI=1S/C18H19NO2S/c1-14-7-10-17(11-8-14)22(20,21)19-18-12-9-16(18)13-15-5-3-2-4-6-15/h2-8,10-11,13,18-19H,9,12H2,1H3/b16-13+. The fourth-order valence-electron chi connectivity index (χ4n) is 2.50. The van der Waals surface area contributed by atoms with Crippen LogP contribution in [0.3, 0.4) is 0 Å². The van der Waals surface area contributed by atoms with Crippen LogP contribution >= 0.6 is 0 Å². The van der Waals surface area contributed by atoms with Crippen LogP contribution in [0.25, 0.3) is 6.08 Å². The van der Waals surface area contributed by atoms with Crippen LogP contribution in [-0.2, 0) is 10.0 Å². The van der Waals surface area contributed by atoms with Crippen LogP contribution in [-0.4, -0.2) is 14.5 Å². The lowest BCUT2D eigenvalue weighted by Gasteiger charge is -2.30. The molecule has 0 bridgehead atoms. The third-order valence-electron chi connectivity index (χ3n) is 3.95. The molecular formula is C18H19NO2S. The molecule has 0 saturated heterocycles. The molecule has 3 rings (SSSR count). The molecule has 1 saturated carbocycles. The van der Waals surface area contributed by atoms with Gasteiger partial charge in [0.05, 0.1) is 4.90 Å². The van der Waals surface area contributed by atoms with Crippen LogP contribution < -0.4 is 4.72 Å². The van der Waals surface area contributed by atoms with E-state index in [2.05, 4.69) is 10.8 Å². The molecule has 1 unspecified atom stereocenters. The van der Waals surface area contributed by atoms with Crippen molar-refractivity contribution in [2.45, 2.75) is 30.7 Å². The quantitative estimate of drug-likeness (QED) is 0.938. The van der Waals surface area contributed by atoms with Crippen LogP contribution in [0.5, 0.6) is 0 Å². The summed E-state index contributed by atoms with van der Waals surface area (Å²) in [4.78, 5) is 0.323. The Hall–Kier alpha value is -1.91. The average Bonchev–Trinajstić information content (AvgIpc) is 2.51. The molecule has 1 fully saturated rings. The van der Waals surface area contributed by atoms with Crippen molar-refractivity contribution in [2.24, 2.45) is 0 Å². The molecule has 2 aromatic rings. The minimum absolute atomic E-state index is 0.0912.